The van der Waals surface area contributed by atoms with Gasteiger partial charge >= 0.3 is 0 Å². The molecule has 0 N–H and O–H groups in total. The average molecular weight is 293 g/mol. The van der Waals surface area contributed by atoms with Crippen molar-refractivity contribution in [2.75, 3.05) is 17.5 Å². The third-order valence-electron chi connectivity index (χ3n) is 3.68. The lowest BCUT2D eigenvalue weighted by molar-refractivity contribution is 0.142. The van der Waals surface area contributed by atoms with E-state index in [2.05, 4.69) is 27.5 Å². The molecule has 0 bridgehead atoms. The van der Waals surface area contributed by atoms with Crippen LogP contribution in [0.2, 0.25) is 0 Å². The van der Waals surface area contributed by atoms with Gasteiger partial charge < -0.3 is 4.90 Å². The molecule has 2 aliphatic rings. The van der Waals surface area contributed by atoms with Crippen LogP contribution in [0.4, 0.5) is 0 Å². The number of halogens is 1. The Bertz CT molecular complexity index is 152. The van der Waals surface area contributed by atoms with E-state index in [0.29, 0.717) is 0 Å². The fourth-order valence-corrected chi connectivity index (χ4v) is 3.95. The van der Waals surface area contributed by atoms with Crippen molar-refractivity contribution in [1.29, 1.82) is 0 Å². The van der Waals surface area contributed by atoms with Crippen LogP contribution < -0.4 is 0 Å². The fourth-order valence-electron chi connectivity index (χ4n) is 2.92. The molecule has 2 rings (SSSR count). The van der Waals surface area contributed by atoms with Crippen molar-refractivity contribution in [2.24, 2.45) is 5.92 Å². The van der Waals surface area contributed by atoms with Gasteiger partial charge in [0.2, 0.25) is 0 Å². The lowest BCUT2D eigenvalue weighted by Gasteiger charge is -2.37. The predicted molar refractivity (Wildman–Crippen MR) is 65.4 cm³/mol. The third kappa shape index (κ3) is 2.38. The van der Waals surface area contributed by atoms with Gasteiger partial charge in [0.25, 0.3) is 0 Å². The fraction of sp³-hybridized carbons (Fsp3) is 1.00. The molecule has 0 aromatic rings. The van der Waals surface area contributed by atoms with E-state index in [1.54, 1.807) is 0 Å². The first-order valence-corrected chi connectivity index (χ1v) is 7.24. The average Bonchev–Trinajstić information content (AvgIpc) is 2.70. The second-order valence-electron chi connectivity index (χ2n) is 4.51. The van der Waals surface area contributed by atoms with Crippen LogP contribution in [-0.2, 0) is 0 Å². The van der Waals surface area contributed by atoms with Gasteiger partial charge in [0, 0.05) is 10.5 Å². The second-order valence-corrected chi connectivity index (χ2v) is 5.39. The van der Waals surface area contributed by atoms with Gasteiger partial charge in [-0.1, -0.05) is 35.4 Å². The zero-order chi connectivity index (χ0) is 9.10. The highest BCUT2D eigenvalue weighted by Gasteiger charge is 2.30. The molecule has 13 heavy (non-hydrogen) atoms. The Hall–Kier alpha value is 0.690. The molecule has 1 nitrogen and oxygen atoms in total. The molecule has 0 radical (unpaired) electrons. The quantitative estimate of drug-likeness (QED) is 0.558. The van der Waals surface area contributed by atoms with Crippen molar-refractivity contribution in [3.05, 3.63) is 0 Å². The first kappa shape index (κ1) is 10.2. The maximum atomic E-state index is 2.77. The maximum Gasteiger partial charge on any atom is 0.0131 e. The van der Waals surface area contributed by atoms with E-state index >= 15 is 0 Å². The van der Waals surface area contributed by atoms with E-state index in [4.69, 9.17) is 0 Å². The summed E-state index contributed by atoms with van der Waals surface area (Å²) in [6.45, 7) is 2.77. The Morgan fingerprint density at radius 1 is 1.00 bits per heavy atom. The van der Waals surface area contributed by atoms with Crippen molar-refractivity contribution in [3.8, 4) is 0 Å². The minimum Gasteiger partial charge on any atom is -0.300 e. The minimum atomic E-state index is 0.952. The summed E-state index contributed by atoms with van der Waals surface area (Å²) in [5.74, 6) is 1.01. The summed E-state index contributed by atoms with van der Waals surface area (Å²) >= 11 is 2.58. The molecular formula is C11H20IN. The monoisotopic (exact) mass is 293 g/mol. The van der Waals surface area contributed by atoms with Gasteiger partial charge in [-0.2, -0.15) is 0 Å². The maximum absolute atomic E-state index is 2.77. The summed E-state index contributed by atoms with van der Waals surface area (Å²) in [5, 5.41) is 0. The van der Waals surface area contributed by atoms with Gasteiger partial charge in [0.05, 0.1) is 0 Å². The van der Waals surface area contributed by atoms with E-state index in [0.717, 1.165) is 12.0 Å². The van der Waals surface area contributed by atoms with E-state index in [-0.39, 0.29) is 0 Å². The van der Waals surface area contributed by atoms with E-state index in [1.807, 2.05) is 0 Å². The van der Waals surface area contributed by atoms with Gasteiger partial charge in [0.15, 0.2) is 0 Å². The molecule has 0 spiro atoms. The highest BCUT2D eigenvalue weighted by molar-refractivity contribution is 14.1. The summed E-state index contributed by atoms with van der Waals surface area (Å²) in [6.07, 6.45) is 8.83. The number of hydrogen-bond donors (Lipinski definition) is 0. The zero-order valence-corrected chi connectivity index (χ0v) is 10.5. The van der Waals surface area contributed by atoms with E-state index in [9.17, 15) is 0 Å². The molecule has 2 unspecified atom stereocenters. The smallest absolute Gasteiger partial charge is 0.0131 e. The van der Waals surface area contributed by atoms with Crippen molar-refractivity contribution < 1.29 is 0 Å². The molecule has 1 heterocycles. The Morgan fingerprint density at radius 2 is 1.69 bits per heavy atom. The standard InChI is InChI=1S/C11H20IN/c12-9-10-5-1-2-6-11(10)13-7-3-4-8-13/h10-11H,1-9H2. The van der Waals surface area contributed by atoms with Crippen LogP contribution in [0.15, 0.2) is 0 Å². The van der Waals surface area contributed by atoms with Crippen LogP contribution in [0, 0.1) is 5.92 Å². The SMILES string of the molecule is ICC1CCCCC1N1CCCC1. The lowest BCUT2D eigenvalue weighted by Crippen LogP contribution is -2.41. The zero-order valence-electron chi connectivity index (χ0n) is 8.34. The number of hydrogen-bond acceptors (Lipinski definition) is 1. The van der Waals surface area contributed by atoms with Gasteiger partial charge in [-0.05, 0) is 44.7 Å². The summed E-state index contributed by atoms with van der Waals surface area (Å²) in [4.78, 5) is 2.77. The van der Waals surface area contributed by atoms with Crippen molar-refractivity contribution in [2.45, 2.75) is 44.6 Å². The summed E-state index contributed by atoms with van der Waals surface area (Å²) < 4.78 is 1.37. The summed E-state index contributed by atoms with van der Waals surface area (Å²) in [5.41, 5.74) is 0. The third-order valence-corrected chi connectivity index (χ3v) is 4.81. The highest BCUT2D eigenvalue weighted by atomic mass is 127. The molecule has 1 saturated heterocycles. The van der Waals surface area contributed by atoms with Gasteiger partial charge in [-0.3, -0.25) is 0 Å². The predicted octanol–water partition coefficient (Wildman–Crippen LogP) is 3.08. The molecule has 1 aliphatic carbocycles. The van der Waals surface area contributed by atoms with Gasteiger partial charge in [0.1, 0.15) is 0 Å². The van der Waals surface area contributed by atoms with Crippen LogP contribution >= 0.6 is 22.6 Å². The summed E-state index contributed by atoms with van der Waals surface area (Å²) in [7, 11) is 0. The van der Waals surface area contributed by atoms with E-state index in [1.165, 1.54) is 56.0 Å². The lowest BCUT2D eigenvalue weighted by atomic mass is 9.85. The van der Waals surface area contributed by atoms with Crippen LogP contribution in [-0.4, -0.2) is 28.5 Å². The van der Waals surface area contributed by atoms with Crippen LogP contribution in [0.5, 0.6) is 0 Å². The molecule has 76 valence electrons. The first-order valence-electron chi connectivity index (χ1n) is 5.72. The molecule has 0 amide bonds. The molecule has 2 heteroatoms. The Labute approximate surface area is 95.4 Å². The minimum absolute atomic E-state index is 0.952. The van der Waals surface area contributed by atoms with Crippen LogP contribution in [0.1, 0.15) is 38.5 Å². The Kier molecular flexibility index (Phi) is 3.90. The van der Waals surface area contributed by atoms with Crippen molar-refractivity contribution in [3.63, 3.8) is 0 Å². The Balaban J connectivity index is 1.93. The van der Waals surface area contributed by atoms with Gasteiger partial charge in [-0.25, -0.2) is 0 Å². The molecule has 1 aliphatic heterocycles. The number of nitrogens with zero attached hydrogens (tertiary/aromatic N) is 1. The number of rotatable bonds is 2. The topological polar surface area (TPSA) is 3.24 Å². The molecule has 1 saturated carbocycles. The largest absolute Gasteiger partial charge is 0.300 e. The summed E-state index contributed by atoms with van der Waals surface area (Å²) in [6, 6.07) is 0.952. The van der Waals surface area contributed by atoms with Crippen LogP contribution in [0.25, 0.3) is 0 Å². The van der Waals surface area contributed by atoms with Crippen molar-refractivity contribution in [1.82, 2.24) is 4.90 Å². The molecule has 2 atom stereocenters. The highest BCUT2D eigenvalue weighted by Crippen LogP contribution is 2.31. The Morgan fingerprint density at radius 3 is 2.38 bits per heavy atom. The van der Waals surface area contributed by atoms with Crippen molar-refractivity contribution >= 4 is 22.6 Å². The normalized spacial score (nSPS) is 36.7. The number of likely N-dealkylation sites (tertiary alicyclic amines) is 1. The number of alkyl halides is 1. The molecule has 0 aromatic heterocycles. The molecule has 0 aromatic carbocycles. The van der Waals surface area contributed by atoms with Crippen LogP contribution in [0.3, 0.4) is 0 Å². The van der Waals surface area contributed by atoms with E-state index < -0.39 is 0 Å². The second kappa shape index (κ2) is 4.96. The first-order chi connectivity index (χ1) is 6.42. The molecule has 2 fully saturated rings. The molecular weight excluding hydrogens is 273 g/mol. The van der Waals surface area contributed by atoms with Gasteiger partial charge in [-0.15, -0.1) is 0 Å².